The standard InChI is InChI=1S/C17H20ClN/c1-13-7-10-17(19-12-13)11-16(18)9-8-15-6-4-3-5-14(15)2/h3-7,10,12,16H,8-9,11H2,1-2H3. The Morgan fingerprint density at radius 1 is 1.11 bits per heavy atom. The highest BCUT2D eigenvalue weighted by Gasteiger charge is 2.08. The highest BCUT2D eigenvalue weighted by atomic mass is 35.5. The molecule has 100 valence electrons. The van der Waals surface area contributed by atoms with Crippen LogP contribution in [0.4, 0.5) is 0 Å². The number of hydrogen-bond acceptors (Lipinski definition) is 1. The molecule has 0 aliphatic rings. The molecule has 1 nitrogen and oxygen atoms in total. The van der Waals surface area contributed by atoms with Crippen LogP contribution in [0.15, 0.2) is 42.6 Å². The second-order valence-electron chi connectivity index (χ2n) is 5.09. The van der Waals surface area contributed by atoms with E-state index in [1.807, 2.05) is 13.1 Å². The highest BCUT2D eigenvalue weighted by Crippen LogP contribution is 2.16. The Balaban J connectivity index is 1.86. The molecule has 0 N–H and O–H groups in total. The van der Waals surface area contributed by atoms with Crippen LogP contribution < -0.4 is 0 Å². The lowest BCUT2D eigenvalue weighted by Gasteiger charge is -2.10. The lowest BCUT2D eigenvalue weighted by molar-refractivity contribution is 0.729. The van der Waals surface area contributed by atoms with Gasteiger partial charge in [0, 0.05) is 23.7 Å². The molecule has 0 saturated carbocycles. The van der Waals surface area contributed by atoms with Crippen LogP contribution in [0.3, 0.4) is 0 Å². The van der Waals surface area contributed by atoms with E-state index in [9.17, 15) is 0 Å². The molecule has 1 unspecified atom stereocenters. The number of alkyl halides is 1. The number of pyridine rings is 1. The third-order valence-electron chi connectivity index (χ3n) is 3.39. The molecular formula is C17H20ClN. The maximum absolute atomic E-state index is 6.42. The summed E-state index contributed by atoms with van der Waals surface area (Å²) in [6.45, 7) is 4.20. The average molecular weight is 274 g/mol. The van der Waals surface area contributed by atoms with Gasteiger partial charge in [-0.1, -0.05) is 30.3 Å². The maximum Gasteiger partial charge on any atom is 0.0418 e. The SMILES string of the molecule is Cc1ccc(CC(Cl)CCc2ccccc2C)nc1. The molecule has 19 heavy (non-hydrogen) atoms. The van der Waals surface area contributed by atoms with Crippen LogP contribution in [0.1, 0.15) is 28.8 Å². The summed E-state index contributed by atoms with van der Waals surface area (Å²) in [5, 5.41) is 0.148. The fourth-order valence-electron chi connectivity index (χ4n) is 2.15. The second-order valence-corrected chi connectivity index (χ2v) is 5.71. The van der Waals surface area contributed by atoms with E-state index >= 15 is 0 Å². The monoisotopic (exact) mass is 273 g/mol. The summed E-state index contributed by atoms with van der Waals surface area (Å²) in [4.78, 5) is 4.41. The van der Waals surface area contributed by atoms with Crippen LogP contribution in [0, 0.1) is 13.8 Å². The zero-order valence-corrected chi connectivity index (χ0v) is 12.3. The van der Waals surface area contributed by atoms with E-state index in [0.29, 0.717) is 0 Å². The van der Waals surface area contributed by atoms with Crippen molar-refractivity contribution in [2.24, 2.45) is 0 Å². The number of aromatic nitrogens is 1. The molecule has 0 radical (unpaired) electrons. The number of nitrogens with zero attached hydrogens (tertiary/aromatic N) is 1. The molecule has 0 amide bonds. The van der Waals surface area contributed by atoms with E-state index in [0.717, 1.165) is 25.0 Å². The summed E-state index contributed by atoms with van der Waals surface area (Å²) in [5.74, 6) is 0. The molecule has 0 fully saturated rings. The lowest BCUT2D eigenvalue weighted by atomic mass is 10.0. The van der Waals surface area contributed by atoms with Crippen LogP contribution in [-0.4, -0.2) is 10.4 Å². The Kier molecular flexibility index (Phi) is 4.98. The quantitative estimate of drug-likeness (QED) is 0.732. The summed E-state index contributed by atoms with van der Waals surface area (Å²) >= 11 is 6.42. The first kappa shape index (κ1) is 14.1. The van der Waals surface area contributed by atoms with Gasteiger partial charge in [-0.25, -0.2) is 0 Å². The van der Waals surface area contributed by atoms with Crippen molar-refractivity contribution < 1.29 is 0 Å². The van der Waals surface area contributed by atoms with Gasteiger partial charge in [0.15, 0.2) is 0 Å². The van der Waals surface area contributed by atoms with Crippen LogP contribution in [0.2, 0.25) is 0 Å². The molecular weight excluding hydrogens is 254 g/mol. The van der Waals surface area contributed by atoms with Crippen LogP contribution in [-0.2, 0) is 12.8 Å². The van der Waals surface area contributed by atoms with Crippen molar-refractivity contribution in [3.63, 3.8) is 0 Å². The van der Waals surface area contributed by atoms with E-state index in [-0.39, 0.29) is 5.38 Å². The molecule has 0 bridgehead atoms. The third-order valence-corrected chi connectivity index (χ3v) is 3.76. The molecule has 0 aliphatic heterocycles. The first-order chi connectivity index (χ1) is 9.15. The van der Waals surface area contributed by atoms with Gasteiger partial charge in [-0.15, -0.1) is 11.6 Å². The Labute approximate surface area is 120 Å². The average Bonchev–Trinajstić information content (AvgIpc) is 2.40. The summed E-state index contributed by atoms with van der Waals surface area (Å²) in [6, 6.07) is 12.7. The van der Waals surface area contributed by atoms with Crippen LogP contribution >= 0.6 is 11.6 Å². The van der Waals surface area contributed by atoms with Gasteiger partial charge in [0.1, 0.15) is 0 Å². The van der Waals surface area contributed by atoms with Crippen molar-refractivity contribution in [2.45, 2.75) is 38.5 Å². The van der Waals surface area contributed by atoms with Crippen molar-refractivity contribution in [1.82, 2.24) is 4.98 Å². The molecule has 2 rings (SSSR count). The zero-order chi connectivity index (χ0) is 13.7. The van der Waals surface area contributed by atoms with Gasteiger partial charge in [0.25, 0.3) is 0 Å². The normalized spacial score (nSPS) is 12.4. The number of aryl methyl sites for hydroxylation is 3. The van der Waals surface area contributed by atoms with E-state index in [1.54, 1.807) is 0 Å². The van der Waals surface area contributed by atoms with Crippen molar-refractivity contribution in [1.29, 1.82) is 0 Å². The summed E-state index contributed by atoms with van der Waals surface area (Å²) in [6.07, 6.45) is 4.77. The van der Waals surface area contributed by atoms with Gasteiger partial charge in [-0.2, -0.15) is 0 Å². The molecule has 1 aromatic carbocycles. The molecule has 2 aromatic rings. The second kappa shape index (κ2) is 6.72. The number of rotatable bonds is 5. The molecule has 2 heteroatoms. The predicted octanol–water partition coefficient (Wildman–Crippen LogP) is 4.48. The molecule has 1 heterocycles. The van der Waals surface area contributed by atoms with Gasteiger partial charge in [0.05, 0.1) is 0 Å². The summed E-state index contributed by atoms with van der Waals surface area (Å²) in [5.41, 5.74) is 5.01. The van der Waals surface area contributed by atoms with Gasteiger partial charge >= 0.3 is 0 Å². The molecule has 0 saturated heterocycles. The third kappa shape index (κ3) is 4.36. The fraction of sp³-hybridized carbons (Fsp3) is 0.353. The lowest BCUT2D eigenvalue weighted by Crippen LogP contribution is -2.07. The van der Waals surface area contributed by atoms with Gasteiger partial charge in [-0.05, 0) is 49.4 Å². The molecule has 0 aliphatic carbocycles. The predicted molar refractivity (Wildman–Crippen MR) is 81.8 cm³/mol. The van der Waals surface area contributed by atoms with Crippen molar-refractivity contribution in [3.05, 3.63) is 65.0 Å². The molecule has 1 aromatic heterocycles. The Morgan fingerprint density at radius 2 is 1.89 bits per heavy atom. The van der Waals surface area contributed by atoms with Crippen molar-refractivity contribution in [3.8, 4) is 0 Å². The Bertz CT molecular complexity index is 519. The molecule has 1 atom stereocenters. The van der Waals surface area contributed by atoms with Gasteiger partial charge < -0.3 is 0 Å². The van der Waals surface area contributed by atoms with Gasteiger partial charge in [0.2, 0.25) is 0 Å². The Morgan fingerprint density at radius 3 is 2.58 bits per heavy atom. The zero-order valence-electron chi connectivity index (χ0n) is 11.6. The van der Waals surface area contributed by atoms with E-state index in [4.69, 9.17) is 11.6 Å². The first-order valence-electron chi connectivity index (χ1n) is 6.75. The van der Waals surface area contributed by atoms with Crippen molar-refractivity contribution in [2.75, 3.05) is 0 Å². The summed E-state index contributed by atoms with van der Waals surface area (Å²) in [7, 11) is 0. The largest absolute Gasteiger partial charge is 0.261 e. The topological polar surface area (TPSA) is 12.9 Å². The minimum Gasteiger partial charge on any atom is -0.261 e. The first-order valence-corrected chi connectivity index (χ1v) is 7.19. The van der Waals surface area contributed by atoms with Gasteiger partial charge in [-0.3, -0.25) is 4.98 Å². The van der Waals surface area contributed by atoms with Crippen molar-refractivity contribution >= 4 is 11.6 Å². The summed E-state index contributed by atoms with van der Waals surface area (Å²) < 4.78 is 0. The van der Waals surface area contributed by atoms with E-state index in [2.05, 4.69) is 48.3 Å². The number of halogens is 1. The number of hydrogen-bond donors (Lipinski definition) is 0. The van der Waals surface area contributed by atoms with E-state index in [1.165, 1.54) is 16.7 Å². The van der Waals surface area contributed by atoms with E-state index < -0.39 is 0 Å². The van der Waals surface area contributed by atoms with Crippen LogP contribution in [0.25, 0.3) is 0 Å². The minimum atomic E-state index is 0.148. The van der Waals surface area contributed by atoms with Crippen LogP contribution in [0.5, 0.6) is 0 Å². The maximum atomic E-state index is 6.42. The Hall–Kier alpha value is -1.34. The minimum absolute atomic E-state index is 0.148. The highest BCUT2D eigenvalue weighted by molar-refractivity contribution is 6.20. The number of benzene rings is 1. The fourth-order valence-corrected chi connectivity index (χ4v) is 2.42. The molecule has 0 spiro atoms. The smallest absolute Gasteiger partial charge is 0.0418 e.